The van der Waals surface area contributed by atoms with Crippen molar-refractivity contribution in [1.82, 2.24) is 20.4 Å². The van der Waals surface area contributed by atoms with Crippen LogP contribution in [-0.2, 0) is 18.8 Å². The molecule has 0 amide bonds. The molecular formula is C19H27F3IN5O2. The summed E-state index contributed by atoms with van der Waals surface area (Å²) in [4.78, 5) is 4.38. The highest BCUT2D eigenvalue weighted by Crippen LogP contribution is 2.30. The third-order valence-electron chi connectivity index (χ3n) is 4.06. The van der Waals surface area contributed by atoms with Gasteiger partial charge in [0.15, 0.2) is 5.96 Å². The molecule has 1 unspecified atom stereocenters. The number of halogens is 4. The first-order chi connectivity index (χ1) is 13.6. The van der Waals surface area contributed by atoms with Crippen LogP contribution >= 0.6 is 24.0 Å². The topological polar surface area (TPSA) is 83.7 Å². The van der Waals surface area contributed by atoms with Gasteiger partial charge in [0.05, 0.1) is 24.8 Å². The lowest BCUT2D eigenvalue weighted by atomic mass is 10.0. The number of rotatable bonds is 8. The molecule has 30 heavy (non-hydrogen) atoms. The van der Waals surface area contributed by atoms with Gasteiger partial charge in [0.1, 0.15) is 18.0 Å². The number of aliphatic imine (C=N–C) groups is 1. The van der Waals surface area contributed by atoms with E-state index in [0.717, 1.165) is 12.1 Å². The molecule has 3 N–H and O–H groups in total. The lowest BCUT2D eigenvalue weighted by molar-refractivity contribution is -0.137. The molecule has 0 aliphatic rings. The van der Waals surface area contributed by atoms with Crippen LogP contribution in [0.2, 0.25) is 0 Å². The summed E-state index contributed by atoms with van der Waals surface area (Å²) in [6, 6.07) is 4.53. The molecule has 7 nitrogen and oxygen atoms in total. The molecule has 0 bridgehead atoms. The van der Waals surface area contributed by atoms with Crippen molar-refractivity contribution in [2.24, 2.45) is 12.0 Å². The fourth-order valence-electron chi connectivity index (χ4n) is 2.44. The number of ether oxygens (including phenoxy) is 1. The van der Waals surface area contributed by atoms with Crippen LogP contribution < -0.4 is 15.4 Å². The van der Waals surface area contributed by atoms with Crippen LogP contribution in [0, 0.1) is 0 Å². The molecule has 168 valence electrons. The van der Waals surface area contributed by atoms with Crippen LogP contribution in [0.25, 0.3) is 0 Å². The van der Waals surface area contributed by atoms with Gasteiger partial charge in [0, 0.05) is 25.4 Å². The zero-order valence-corrected chi connectivity index (χ0v) is 19.4. The first-order valence-corrected chi connectivity index (χ1v) is 9.15. The standard InChI is InChI=1S/C19H26F3N5O2.HI/c1-4-23-17(25-13-18(2,28)15-11-26-27(3)12-15)24-9-10-29-16-7-5-14(6-8-16)19(20,21)22;/h5-8,11-12,28H,4,9-10,13H2,1-3H3,(H2,23,24,25);1H. The first-order valence-electron chi connectivity index (χ1n) is 9.15. The average molecular weight is 541 g/mol. The van der Waals surface area contributed by atoms with Crippen LogP contribution in [0.1, 0.15) is 25.0 Å². The van der Waals surface area contributed by atoms with Gasteiger partial charge in [-0.2, -0.15) is 18.3 Å². The molecule has 1 aromatic carbocycles. The Morgan fingerprint density at radius 2 is 1.87 bits per heavy atom. The highest BCUT2D eigenvalue weighted by molar-refractivity contribution is 14.0. The summed E-state index contributed by atoms with van der Waals surface area (Å²) in [5, 5.41) is 20.8. The summed E-state index contributed by atoms with van der Waals surface area (Å²) in [5.74, 6) is 0.842. The van der Waals surface area contributed by atoms with E-state index in [4.69, 9.17) is 4.74 Å². The van der Waals surface area contributed by atoms with E-state index in [1.54, 1.807) is 31.0 Å². The maximum Gasteiger partial charge on any atom is 0.416 e. The molecule has 0 aliphatic carbocycles. The number of aromatic nitrogens is 2. The van der Waals surface area contributed by atoms with Crippen molar-refractivity contribution >= 4 is 29.9 Å². The van der Waals surface area contributed by atoms with Crippen molar-refractivity contribution < 1.29 is 23.0 Å². The average Bonchev–Trinajstić information content (AvgIpc) is 3.10. The van der Waals surface area contributed by atoms with E-state index in [2.05, 4.69) is 20.7 Å². The second-order valence-corrected chi connectivity index (χ2v) is 6.67. The van der Waals surface area contributed by atoms with Crippen LogP contribution in [0.5, 0.6) is 5.75 Å². The van der Waals surface area contributed by atoms with Crippen molar-refractivity contribution in [2.75, 3.05) is 26.2 Å². The quantitative estimate of drug-likeness (QED) is 0.207. The van der Waals surface area contributed by atoms with E-state index < -0.39 is 17.3 Å². The molecule has 1 aromatic heterocycles. The molecule has 11 heteroatoms. The van der Waals surface area contributed by atoms with E-state index in [-0.39, 0.29) is 37.1 Å². The highest BCUT2D eigenvalue weighted by atomic mass is 127. The molecule has 0 radical (unpaired) electrons. The van der Waals surface area contributed by atoms with E-state index in [0.29, 0.717) is 30.4 Å². The maximum absolute atomic E-state index is 12.6. The second kappa shape index (κ2) is 11.4. The van der Waals surface area contributed by atoms with Gasteiger partial charge >= 0.3 is 6.18 Å². The predicted octanol–water partition coefficient (Wildman–Crippen LogP) is 2.90. The van der Waals surface area contributed by atoms with Gasteiger partial charge in [0.25, 0.3) is 0 Å². The monoisotopic (exact) mass is 541 g/mol. The third kappa shape index (κ3) is 8.01. The van der Waals surface area contributed by atoms with Crippen LogP contribution in [-0.4, -0.2) is 47.1 Å². The molecule has 0 saturated heterocycles. The molecule has 1 atom stereocenters. The summed E-state index contributed by atoms with van der Waals surface area (Å²) < 4.78 is 44.7. The van der Waals surface area contributed by atoms with Crippen molar-refractivity contribution in [3.05, 3.63) is 47.8 Å². The molecular weight excluding hydrogens is 514 g/mol. The number of nitrogens with one attached hydrogen (secondary N) is 2. The van der Waals surface area contributed by atoms with Gasteiger partial charge in [-0.1, -0.05) is 0 Å². The Kier molecular flexibility index (Phi) is 9.88. The van der Waals surface area contributed by atoms with Crippen LogP contribution in [0.3, 0.4) is 0 Å². The fraction of sp³-hybridized carbons (Fsp3) is 0.474. The molecule has 2 aromatic rings. The van der Waals surface area contributed by atoms with E-state index in [9.17, 15) is 18.3 Å². The number of nitrogens with zero attached hydrogens (tertiary/aromatic N) is 3. The Hall–Kier alpha value is -2.02. The minimum absolute atomic E-state index is 0. The van der Waals surface area contributed by atoms with Crippen molar-refractivity contribution in [2.45, 2.75) is 25.6 Å². The molecule has 0 fully saturated rings. The molecule has 0 spiro atoms. The van der Waals surface area contributed by atoms with Gasteiger partial charge < -0.3 is 20.5 Å². The number of benzene rings is 1. The number of aliphatic hydroxyl groups is 1. The summed E-state index contributed by atoms with van der Waals surface area (Å²) in [6.07, 6.45) is -1.05. The van der Waals surface area contributed by atoms with Gasteiger partial charge in [0.2, 0.25) is 0 Å². The lowest BCUT2D eigenvalue weighted by Gasteiger charge is -2.20. The Morgan fingerprint density at radius 1 is 1.20 bits per heavy atom. The summed E-state index contributed by atoms with van der Waals surface area (Å²) >= 11 is 0. The smallest absolute Gasteiger partial charge is 0.416 e. The van der Waals surface area contributed by atoms with Gasteiger partial charge in [-0.05, 0) is 38.1 Å². The molecule has 1 heterocycles. The Bertz CT molecular complexity index is 807. The number of alkyl halides is 3. The van der Waals surface area contributed by atoms with E-state index in [1.807, 2.05) is 6.92 Å². The molecule has 0 aliphatic heterocycles. The SMILES string of the molecule is CCNC(=NCC(C)(O)c1cnn(C)c1)NCCOc1ccc(C(F)(F)F)cc1.I. The van der Waals surface area contributed by atoms with E-state index in [1.165, 1.54) is 12.1 Å². The van der Waals surface area contributed by atoms with Crippen molar-refractivity contribution in [3.63, 3.8) is 0 Å². The summed E-state index contributed by atoms with van der Waals surface area (Å²) in [6.45, 7) is 4.92. The third-order valence-corrected chi connectivity index (χ3v) is 4.06. The summed E-state index contributed by atoms with van der Waals surface area (Å²) in [5.41, 5.74) is -1.23. The Balaban J connectivity index is 0.00000450. The van der Waals surface area contributed by atoms with Crippen LogP contribution in [0.15, 0.2) is 41.7 Å². The number of hydrogen-bond donors (Lipinski definition) is 3. The molecule has 0 saturated carbocycles. The van der Waals surface area contributed by atoms with E-state index >= 15 is 0 Å². The number of hydrogen-bond acceptors (Lipinski definition) is 4. The van der Waals surface area contributed by atoms with Gasteiger partial charge in [-0.25, -0.2) is 4.99 Å². The maximum atomic E-state index is 12.6. The van der Waals surface area contributed by atoms with Crippen LogP contribution in [0.4, 0.5) is 13.2 Å². The Labute approximate surface area is 190 Å². The number of guanidine groups is 1. The predicted molar refractivity (Wildman–Crippen MR) is 119 cm³/mol. The highest BCUT2D eigenvalue weighted by Gasteiger charge is 2.30. The largest absolute Gasteiger partial charge is 0.492 e. The van der Waals surface area contributed by atoms with Gasteiger partial charge in [-0.3, -0.25) is 4.68 Å². The second-order valence-electron chi connectivity index (χ2n) is 6.67. The number of aryl methyl sites for hydroxylation is 1. The fourth-order valence-corrected chi connectivity index (χ4v) is 2.44. The zero-order chi connectivity index (χ0) is 21.5. The summed E-state index contributed by atoms with van der Waals surface area (Å²) in [7, 11) is 1.77. The van der Waals surface area contributed by atoms with Gasteiger partial charge in [-0.15, -0.1) is 24.0 Å². The first kappa shape index (κ1) is 26.0. The Morgan fingerprint density at radius 3 is 2.40 bits per heavy atom. The minimum Gasteiger partial charge on any atom is -0.492 e. The molecule has 2 rings (SSSR count). The normalized spacial score (nSPS) is 13.9. The minimum atomic E-state index is -4.37. The van der Waals surface area contributed by atoms with Crippen molar-refractivity contribution in [1.29, 1.82) is 0 Å². The zero-order valence-electron chi connectivity index (χ0n) is 17.0. The lowest BCUT2D eigenvalue weighted by Crippen LogP contribution is -2.40. The van der Waals surface area contributed by atoms with Crippen molar-refractivity contribution in [3.8, 4) is 5.75 Å².